The normalized spacial score (nSPS) is 10.8. The van der Waals surface area contributed by atoms with Crippen LogP contribution < -0.4 is 0 Å². The third-order valence-electron chi connectivity index (χ3n) is 5.20. The summed E-state index contributed by atoms with van der Waals surface area (Å²) in [6.07, 6.45) is 0. The lowest BCUT2D eigenvalue weighted by molar-refractivity contribution is 0.475. The van der Waals surface area contributed by atoms with Crippen LogP contribution in [0.1, 0.15) is 0 Å². The molecule has 0 spiro atoms. The summed E-state index contributed by atoms with van der Waals surface area (Å²) in [6, 6.07) is 38.0. The molecule has 0 unspecified atom stereocenters. The fourth-order valence-electron chi connectivity index (χ4n) is 3.78. The van der Waals surface area contributed by atoms with Gasteiger partial charge in [-0.1, -0.05) is 97.1 Å². The Morgan fingerprint density at radius 1 is 0.467 bits per heavy atom. The van der Waals surface area contributed by atoms with Crippen molar-refractivity contribution in [2.75, 3.05) is 0 Å². The van der Waals surface area contributed by atoms with E-state index in [9.17, 15) is 5.11 Å². The van der Waals surface area contributed by atoms with E-state index in [-0.39, 0.29) is 5.75 Å². The Kier molecular flexibility index (Phi) is 4.66. The molecule has 1 N–H and O–H groups in total. The van der Waals surface area contributed by atoms with E-state index in [2.05, 4.69) is 42.5 Å². The molecule has 1 heterocycles. The molecule has 0 fully saturated rings. The number of furan rings is 1. The SMILES string of the molecule is Oc1cccc(-c2ccccc2-c2cc(-c3ccccc3)c(-c3ccccc3)o2)c1. The summed E-state index contributed by atoms with van der Waals surface area (Å²) in [4.78, 5) is 0. The fraction of sp³-hybridized carbons (Fsp3) is 0. The monoisotopic (exact) mass is 388 g/mol. The van der Waals surface area contributed by atoms with Gasteiger partial charge < -0.3 is 9.52 Å². The summed E-state index contributed by atoms with van der Waals surface area (Å²) < 4.78 is 6.47. The van der Waals surface area contributed by atoms with Gasteiger partial charge >= 0.3 is 0 Å². The Morgan fingerprint density at radius 2 is 1.07 bits per heavy atom. The fourth-order valence-corrected chi connectivity index (χ4v) is 3.78. The van der Waals surface area contributed by atoms with Crippen LogP contribution in [0.5, 0.6) is 5.75 Å². The maximum Gasteiger partial charge on any atom is 0.142 e. The highest BCUT2D eigenvalue weighted by Gasteiger charge is 2.18. The topological polar surface area (TPSA) is 33.4 Å². The molecule has 5 rings (SSSR count). The molecular formula is C28H20O2. The molecule has 0 saturated carbocycles. The first kappa shape index (κ1) is 18.0. The highest BCUT2D eigenvalue weighted by atomic mass is 16.3. The van der Waals surface area contributed by atoms with Gasteiger partial charge in [-0.25, -0.2) is 0 Å². The first-order valence-corrected chi connectivity index (χ1v) is 9.93. The van der Waals surface area contributed by atoms with Crippen LogP contribution >= 0.6 is 0 Å². The van der Waals surface area contributed by atoms with Gasteiger partial charge in [-0.05, 0) is 34.9 Å². The molecular weight excluding hydrogens is 368 g/mol. The summed E-state index contributed by atoms with van der Waals surface area (Å²) in [7, 11) is 0. The summed E-state index contributed by atoms with van der Waals surface area (Å²) in [5.74, 6) is 1.89. The number of rotatable bonds is 4. The Balaban J connectivity index is 1.71. The molecule has 4 aromatic carbocycles. The second-order valence-electron chi connectivity index (χ2n) is 7.18. The zero-order valence-corrected chi connectivity index (χ0v) is 16.3. The maximum atomic E-state index is 9.96. The largest absolute Gasteiger partial charge is 0.508 e. The van der Waals surface area contributed by atoms with Crippen LogP contribution in [0.25, 0.3) is 44.9 Å². The lowest BCUT2D eigenvalue weighted by atomic mass is 9.97. The first-order chi connectivity index (χ1) is 14.8. The molecule has 0 atom stereocenters. The van der Waals surface area contributed by atoms with Gasteiger partial charge in [0.25, 0.3) is 0 Å². The van der Waals surface area contributed by atoms with Crippen LogP contribution in [0.4, 0.5) is 0 Å². The lowest BCUT2D eigenvalue weighted by Gasteiger charge is -2.08. The molecule has 0 aliphatic rings. The molecule has 0 aliphatic carbocycles. The Bertz CT molecular complexity index is 1230. The van der Waals surface area contributed by atoms with Crippen LogP contribution in [-0.2, 0) is 0 Å². The van der Waals surface area contributed by atoms with E-state index in [0.717, 1.165) is 44.9 Å². The maximum absolute atomic E-state index is 9.96. The second-order valence-corrected chi connectivity index (χ2v) is 7.18. The molecule has 2 nitrogen and oxygen atoms in total. The van der Waals surface area contributed by atoms with E-state index in [1.165, 1.54) is 0 Å². The molecule has 0 amide bonds. The van der Waals surface area contributed by atoms with Crippen molar-refractivity contribution in [2.45, 2.75) is 0 Å². The predicted molar refractivity (Wildman–Crippen MR) is 122 cm³/mol. The molecule has 30 heavy (non-hydrogen) atoms. The molecule has 0 aliphatic heterocycles. The Labute approximate surface area is 175 Å². The zero-order chi connectivity index (χ0) is 20.3. The average Bonchev–Trinajstić information content (AvgIpc) is 3.26. The van der Waals surface area contributed by atoms with Crippen LogP contribution in [-0.4, -0.2) is 5.11 Å². The van der Waals surface area contributed by atoms with Gasteiger partial charge in [0, 0.05) is 16.7 Å². The molecule has 0 radical (unpaired) electrons. The molecule has 0 bridgehead atoms. The van der Waals surface area contributed by atoms with Crippen molar-refractivity contribution in [2.24, 2.45) is 0 Å². The number of phenolic OH excluding ortho intramolecular Hbond substituents is 1. The van der Waals surface area contributed by atoms with Gasteiger partial charge in [-0.3, -0.25) is 0 Å². The minimum absolute atomic E-state index is 0.247. The van der Waals surface area contributed by atoms with Gasteiger partial charge in [0.15, 0.2) is 0 Å². The van der Waals surface area contributed by atoms with Crippen molar-refractivity contribution in [3.63, 3.8) is 0 Å². The van der Waals surface area contributed by atoms with Crippen LogP contribution in [0.2, 0.25) is 0 Å². The minimum atomic E-state index is 0.247. The van der Waals surface area contributed by atoms with Crippen molar-refractivity contribution in [1.29, 1.82) is 0 Å². The minimum Gasteiger partial charge on any atom is -0.508 e. The van der Waals surface area contributed by atoms with Gasteiger partial charge in [-0.15, -0.1) is 0 Å². The summed E-state index contributed by atoms with van der Waals surface area (Å²) >= 11 is 0. The van der Waals surface area contributed by atoms with E-state index in [4.69, 9.17) is 4.42 Å². The number of aromatic hydroxyl groups is 1. The van der Waals surface area contributed by atoms with Crippen LogP contribution in [0.15, 0.2) is 120 Å². The highest BCUT2D eigenvalue weighted by Crippen LogP contribution is 2.41. The van der Waals surface area contributed by atoms with E-state index < -0.39 is 0 Å². The molecule has 5 aromatic rings. The van der Waals surface area contributed by atoms with Crippen LogP contribution in [0, 0.1) is 0 Å². The van der Waals surface area contributed by atoms with Gasteiger partial charge in [0.05, 0.1) is 0 Å². The number of hydrogen-bond donors (Lipinski definition) is 1. The molecule has 2 heteroatoms. The van der Waals surface area contributed by atoms with Gasteiger partial charge in [0.2, 0.25) is 0 Å². The van der Waals surface area contributed by atoms with E-state index in [1.54, 1.807) is 12.1 Å². The smallest absolute Gasteiger partial charge is 0.142 e. The second kappa shape index (κ2) is 7.76. The summed E-state index contributed by atoms with van der Waals surface area (Å²) in [6.45, 7) is 0. The van der Waals surface area contributed by atoms with E-state index in [1.807, 2.05) is 60.7 Å². The summed E-state index contributed by atoms with van der Waals surface area (Å²) in [5, 5.41) is 9.96. The van der Waals surface area contributed by atoms with Crippen molar-refractivity contribution in [3.05, 3.63) is 115 Å². The molecule has 144 valence electrons. The highest BCUT2D eigenvalue weighted by molar-refractivity contribution is 5.88. The standard InChI is InChI=1S/C28H20O2/c29-23-15-9-14-22(18-23)24-16-7-8-17-25(24)27-19-26(20-10-3-1-4-11-20)28(30-27)21-12-5-2-6-13-21/h1-19,29H. The number of phenols is 1. The first-order valence-electron chi connectivity index (χ1n) is 9.93. The van der Waals surface area contributed by atoms with Crippen molar-refractivity contribution >= 4 is 0 Å². The molecule has 0 saturated heterocycles. The number of benzene rings is 4. The third kappa shape index (κ3) is 3.40. The summed E-state index contributed by atoms with van der Waals surface area (Å²) in [5.41, 5.74) is 6.16. The van der Waals surface area contributed by atoms with Crippen LogP contribution in [0.3, 0.4) is 0 Å². The van der Waals surface area contributed by atoms with Crippen molar-refractivity contribution < 1.29 is 9.52 Å². The Hall–Kier alpha value is -4.04. The quantitative estimate of drug-likeness (QED) is 0.343. The van der Waals surface area contributed by atoms with Gasteiger partial charge in [0.1, 0.15) is 17.3 Å². The lowest BCUT2D eigenvalue weighted by Crippen LogP contribution is -1.83. The molecule has 1 aromatic heterocycles. The zero-order valence-electron chi connectivity index (χ0n) is 16.3. The van der Waals surface area contributed by atoms with E-state index >= 15 is 0 Å². The van der Waals surface area contributed by atoms with Crippen molar-refractivity contribution in [3.8, 4) is 50.7 Å². The predicted octanol–water partition coefficient (Wildman–Crippen LogP) is 7.65. The Morgan fingerprint density at radius 3 is 1.77 bits per heavy atom. The van der Waals surface area contributed by atoms with Gasteiger partial charge in [-0.2, -0.15) is 0 Å². The van der Waals surface area contributed by atoms with Crippen molar-refractivity contribution in [1.82, 2.24) is 0 Å². The third-order valence-corrected chi connectivity index (χ3v) is 5.20. The number of hydrogen-bond acceptors (Lipinski definition) is 2. The average molecular weight is 388 g/mol. The van der Waals surface area contributed by atoms with E-state index in [0.29, 0.717) is 0 Å².